The fraction of sp³-hybridized carbons (Fsp3) is 0.150. The summed E-state index contributed by atoms with van der Waals surface area (Å²) < 4.78 is 0. The van der Waals surface area contributed by atoms with Gasteiger partial charge in [-0.15, -0.1) is 11.3 Å². The first-order valence-electron chi connectivity index (χ1n) is 7.66. The Morgan fingerprint density at radius 3 is 2.43 bits per heavy atom. The maximum atomic E-state index is 12.5. The highest BCUT2D eigenvalue weighted by molar-refractivity contribution is 7.10. The summed E-state index contributed by atoms with van der Waals surface area (Å²) in [6.07, 6.45) is 0.404. The number of thiophene rings is 1. The highest BCUT2D eigenvalue weighted by Crippen LogP contribution is 2.26. The van der Waals surface area contributed by atoms with Crippen LogP contribution >= 0.6 is 11.3 Å². The average molecular weight is 321 g/mol. The Labute approximate surface area is 140 Å². The van der Waals surface area contributed by atoms with Gasteiger partial charge in [-0.3, -0.25) is 4.79 Å². The summed E-state index contributed by atoms with van der Waals surface area (Å²) in [5.74, 6) is 0.0431. The molecule has 0 fully saturated rings. The molecule has 0 spiro atoms. The molecule has 0 radical (unpaired) electrons. The summed E-state index contributed by atoms with van der Waals surface area (Å²) in [7, 11) is 0. The van der Waals surface area contributed by atoms with E-state index < -0.39 is 0 Å². The zero-order valence-corrected chi connectivity index (χ0v) is 13.8. The summed E-state index contributed by atoms with van der Waals surface area (Å²) in [6.45, 7) is 2.04. The van der Waals surface area contributed by atoms with Crippen LogP contribution < -0.4 is 5.32 Å². The van der Waals surface area contributed by atoms with Gasteiger partial charge in [0.15, 0.2) is 0 Å². The molecule has 0 aliphatic carbocycles. The van der Waals surface area contributed by atoms with Crippen LogP contribution in [0.4, 0.5) is 0 Å². The lowest BCUT2D eigenvalue weighted by atomic mass is 10.0. The molecule has 23 heavy (non-hydrogen) atoms. The minimum absolute atomic E-state index is 0.0431. The van der Waals surface area contributed by atoms with E-state index in [-0.39, 0.29) is 11.9 Å². The molecule has 0 bridgehead atoms. The van der Waals surface area contributed by atoms with Gasteiger partial charge in [-0.1, -0.05) is 60.7 Å². The van der Waals surface area contributed by atoms with Crippen LogP contribution in [0, 0.1) is 6.92 Å². The van der Waals surface area contributed by atoms with Gasteiger partial charge < -0.3 is 5.32 Å². The van der Waals surface area contributed by atoms with Crippen molar-refractivity contribution in [3.8, 4) is 0 Å². The lowest BCUT2D eigenvalue weighted by Crippen LogP contribution is -2.30. The van der Waals surface area contributed by atoms with E-state index in [1.165, 1.54) is 0 Å². The Balaban J connectivity index is 1.79. The van der Waals surface area contributed by atoms with Gasteiger partial charge in [0, 0.05) is 4.88 Å². The zero-order chi connectivity index (χ0) is 16.1. The second-order valence-corrected chi connectivity index (χ2v) is 6.51. The number of aryl methyl sites for hydroxylation is 1. The van der Waals surface area contributed by atoms with Crippen LogP contribution in [0.3, 0.4) is 0 Å². The second kappa shape index (κ2) is 7.25. The Morgan fingerprint density at radius 1 is 1.00 bits per heavy atom. The Hall–Kier alpha value is -2.39. The molecule has 1 N–H and O–H groups in total. The minimum atomic E-state index is -0.0901. The van der Waals surface area contributed by atoms with Crippen LogP contribution in [0.25, 0.3) is 0 Å². The lowest BCUT2D eigenvalue weighted by Gasteiger charge is -2.18. The van der Waals surface area contributed by atoms with Gasteiger partial charge in [0.05, 0.1) is 12.5 Å². The van der Waals surface area contributed by atoms with E-state index in [1.54, 1.807) is 11.3 Å². The average Bonchev–Trinajstić information content (AvgIpc) is 3.10. The van der Waals surface area contributed by atoms with E-state index >= 15 is 0 Å². The number of hydrogen-bond donors (Lipinski definition) is 1. The van der Waals surface area contributed by atoms with Crippen LogP contribution in [0.5, 0.6) is 0 Å². The normalized spacial score (nSPS) is 11.9. The van der Waals surface area contributed by atoms with Crippen LogP contribution in [0.2, 0.25) is 0 Å². The van der Waals surface area contributed by atoms with Gasteiger partial charge in [-0.05, 0) is 35.1 Å². The molecule has 3 heteroatoms. The summed E-state index contributed by atoms with van der Waals surface area (Å²) in [5, 5.41) is 5.22. The SMILES string of the molecule is Cc1ccccc1CC(=O)NC(c1ccccc1)c1cccs1. The van der Waals surface area contributed by atoms with Crippen molar-refractivity contribution in [1.29, 1.82) is 0 Å². The predicted molar refractivity (Wildman–Crippen MR) is 95.6 cm³/mol. The van der Waals surface area contributed by atoms with E-state index in [9.17, 15) is 4.79 Å². The van der Waals surface area contributed by atoms with Crippen LogP contribution in [0.1, 0.15) is 27.6 Å². The van der Waals surface area contributed by atoms with Crippen molar-refractivity contribution in [1.82, 2.24) is 5.32 Å². The third-order valence-electron chi connectivity index (χ3n) is 3.88. The molecule has 2 aromatic carbocycles. The molecule has 0 saturated heterocycles. The lowest BCUT2D eigenvalue weighted by molar-refractivity contribution is -0.120. The second-order valence-electron chi connectivity index (χ2n) is 5.53. The number of hydrogen-bond acceptors (Lipinski definition) is 2. The summed E-state index contributed by atoms with van der Waals surface area (Å²) in [6, 6.07) is 22.1. The maximum absolute atomic E-state index is 12.5. The van der Waals surface area contributed by atoms with Crippen LogP contribution in [-0.2, 0) is 11.2 Å². The minimum Gasteiger partial charge on any atom is -0.344 e. The summed E-state index contributed by atoms with van der Waals surface area (Å²) in [4.78, 5) is 13.7. The standard InChI is InChI=1S/C20H19NOS/c1-15-8-5-6-11-17(15)14-19(22)21-20(18-12-7-13-23-18)16-9-3-2-4-10-16/h2-13,20H,14H2,1H3,(H,21,22). The molecule has 2 nitrogen and oxygen atoms in total. The Morgan fingerprint density at radius 2 is 1.74 bits per heavy atom. The quantitative estimate of drug-likeness (QED) is 0.736. The fourth-order valence-corrected chi connectivity index (χ4v) is 3.42. The van der Waals surface area contributed by atoms with Crippen LogP contribution in [-0.4, -0.2) is 5.91 Å². The van der Waals surface area contributed by atoms with Gasteiger partial charge in [0.2, 0.25) is 5.91 Å². The predicted octanol–water partition coefficient (Wildman–Crippen LogP) is 4.50. The van der Waals surface area contributed by atoms with Crippen molar-refractivity contribution in [3.05, 3.63) is 93.7 Å². The molecule has 1 amide bonds. The molecule has 0 aliphatic heterocycles. The zero-order valence-electron chi connectivity index (χ0n) is 13.0. The molecule has 1 heterocycles. The van der Waals surface area contributed by atoms with Gasteiger partial charge in [-0.25, -0.2) is 0 Å². The van der Waals surface area contributed by atoms with Gasteiger partial charge in [0.1, 0.15) is 0 Å². The molecular formula is C20H19NOS. The number of benzene rings is 2. The number of carbonyl (C=O) groups excluding carboxylic acids is 1. The fourth-order valence-electron chi connectivity index (χ4n) is 2.61. The van der Waals surface area contributed by atoms with Crippen molar-refractivity contribution >= 4 is 17.2 Å². The Bertz CT molecular complexity index is 765. The van der Waals surface area contributed by atoms with Crippen molar-refractivity contribution in [2.24, 2.45) is 0 Å². The van der Waals surface area contributed by atoms with Crippen molar-refractivity contribution in [2.45, 2.75) is 19.4 Å². The summed E-state index contributed by atoms with van der Waals surface area (Å²) in [5.41, 5.74) is 3.33. The highest BCUT2D eigenvalue weighted by atomic mass is 32.1. The van der Waals surface area contributed by atoms with Gasteiger partial charge in [-0.2, -0.15) is 0 Å². The van der Waals surface area contributed by atoms with E-state index in [1.807, 2.05) is 60.8 Å². The van der Waals surface area contributed by atoms with Crippen molar-refractivity contribution in [2.75, 3.05) is 0 Å². The number of nitrogens with one attached hydrogen (secondary N) is 1. The molecule has 0 aliphatic rings. The first-order chi connectivity index (χ1) is 11.2. The van der Waals surface area contributed by atoms with E-state index in [0.717, 1.165) is 21.6 Å². The molecule has 0 saturated carbocycles. The largest absolute Gasteiger partial charge is 0.344 e. The molecule has 3 rings (SSSR count). The van der Waals surface area contributed by atoms with E-state index in [4.69, 9.17) is 0 Å². The topological polar surface area (TPSA) is 29.1 Å². The van der Waals surface area contributed by atoms with E-state index in [2.05, 4.69) is 23.5 Å². The van der Waals surface area contributed by atoms with Crippen molar-refractivity contribution in [3.63, 3.8) is 0 Å². The number of carbonyl (C=O) groups is 1. The molecule has 3 aromatic rings. The Kier molecular flexibility index (Phi) is 4.89. The van der Waals surface area contributed by atoms with Crippen LogP contribution in [0.15, 0.2) is 72.1 Å². The van der Waals surface area contributed by atoms with E-state index in [0.29, 0.717) is 6.42 Å². The number of rotatable bonds is 5. The molecule has 1 aromatic heterocycles. The number of amides is 1. The molecule has 1 atom stereocenters. The molecule has 116 valence electrons. The van der Waals surface area contributed by atoms with Gasteiger partial charge >= 0.3 is 0 Å². The third kappa shape index (κ3) is 3.88. The first kappa shape index (κ1) is 15.5. The van der Waals surface area contributed by atoms with Crippen molar-refractivity contribution < 1.29 is 4.79 Å². The summed E-state index contributed by atoms with van der Waals surface area (Å²) >= 11 is 1.66. The maximum Gasteiger partial charge on any atom is 0.225 e. The molecule has 1 unspecified atom stereocenters. The molecular weight excluding hydrogens is 302 g/mol. The monoisotopic (exact) mass is 321 g/mol. The first-order valence-corrected chi connectivity index (χ1v) is 8.54. The smallest absolute Gasteiger partial charge is 0.225 e. The highest BCUT2D eigenvalue weighted by Gasteiger charge is 2.18. The third-order valence-corrected chi connectivity index (χ3v) is 4.82. The van der Waals surface area contributed by atoms with Gasteiger partial charge in [0.25, 0.3) is 0 Å².